The fourth-order valence-corrected chi connectivity index (χ4v) is 0.822. The van der Waals surface area contributed by atoms with Gasteiger partial charge in [0.05, 0.1) is 5.69 Å². The van der Waals surface area contributed by atoms with Crippen LogP contribution in [-0.2, 0) is 0 Å². The minimum atomic E-state index is -4.66. The van der Waals surface area contributed by atoms with Crippen LogP contribution in [0.5, 0.6) is 0 Å². The fourth-order valence-electron chi connectivity index (χ4n) is 0.822. The SMILES string of the molecule is NNC(=Nc1ccc(F)cc1)C(F)(F)F. The summed E-state index contributed by atoms with van der Waals surface area (Å²) < 4.78 is 48.8. The number of nitrogens with one attached hydrogen (secondary N) is 1. The lowest BCUT2D eigenvalue weighted by Gasteiger charge is -2.08. The highest BCUT2D eigenvalue weighted by Crippen LogP contribution is 2.20. The summed E-state index contributed by atoms with van der Waals surface area (Å²) in [6.07, 6.45) is -4.66. The van der Waals surface area contributed by atoms with E-state index < -0.39 is 17.8 Å². The lowest BCUT2D eigenvalue weighted by Crippen LogP contribution is -2.41. The zero-order chi connectivity index (χ0) is 11.5. The molecule has 7 heteroatoms. The lowest BCUT2D eigenvalue weighted by molar-refractivity contribution is -0.0617. The number of amidine groups is 1. The Balaban J connectivity index is 2.99. The van der Waals surface area contributed by atoms with Crippen molar-refractivity contribution < 1.29 is 17.6 Å². The molecule has 0 fully saturated rings. The largest absolute Gasteiger partial charge is 0.450 e. The Bertz CT molecular complexity index is 355. The second-order valence-corrected chi connectivity index (χ2v) is 2.58. The summed E-state index contributed by atoms with van der Waals surface area (Å²) in [6, 6.07) is 4.23. The van der Waals surface area contributed by atoms with Crippen molar-refractivity contribution in [3.05, 3.63) is 30.1 Å². The average molecular weight is 221 g/mol. The van der Waals surface area contributed by atoms with E-state index in [-0.39, 0.29) is 5.69 Å². The van der Waals surface area contributed by atoms with Gasteiger partial charge < -0.3 is 5.43 Å². The second kappa shape index (κ2) is 4.26. The standard InChI is InChI=1S/C8H7F4N3/c9-5-1-3-6(4-2-5)14-7(15-13)8(10,11)12/h1-4H,13H2,(H,14,15). The summed E-state index contributed by atoms with van der Waals surface area (Å²) in [5.41, 5.74) is 1.40. The van der Waals surface area contributed by atoms with Crippen LogP contribution in [0.1, 0.15) is 0 Å². The molecule has 3 nitrogen and oxygen atoms in total. The highest BCUT2D eigenvalue weighted by molar-refractivity contribution is 5.89. The number of nitrogens with zero attached hydrogens (tertiary/aromatic N) is 1. The highest BCUT2D eigenvalue weighted by Gasteiger charge is 2.35. The molecule has 3 N–H and O–H groups in total. The summed E-state index contributed by atoms with van der Waals surface area (Å²) in [6.45, 7) is 0. The Morgan fingerprint density at radius 1 is 1.20 bits per heavy atom. The minimum Gasteiger partial charge on any atom is -0.304 e. The van der Waals surface area contributed by atoms with Crippen LogP contribution in [0.25, 0.3) is 0 Å². The van der Waals surface area contributed by atoms with Gasteiger partial charge in [0.25, 0.3) is 0 Å². The molecule has 0 bridgehead atoms. The molecule has 0 aliphatic heterocycles. The van der Waals surface area contributed by atoms with Crippen molar-refractivity contribution in [1.29, 1.82) is 0 Å². The molecule has 0 saturated heterocycles. The first-order valence-electron chi connectivity index (χ1n) is 3.81. The van der Waals surface area contributed by atoms with E-state index in [1.807, 2.05) is 0 Å². The second-order valence-electron chi connectivity index (χ2n) is 2.58. The van der Waals surface area contributed by atoms with Crippen LogP contribution < -0.4 is 11.3 Å². The van der Waals surface area contributed by atoms with E-state index in [4.69, 9.17) is 0 Å². The number of hydrogen-bond acceptors (Lipinski definition) is 2. The van der Waals surface area contributed by atoms with Gasteiger partial charge in [0.15, 0.2) is 0 Å². The fraction of sp³-hybridized carbons (Fsp3) is 0.125. The first-order valence-corrected chi connectivity index (χ1v) is 3.81. The van der Waals surface area contributed by atoms with Gasteiger partial charge in [0.1, 0.15) is 5.82 Å². The molecule has 0 atom stereocenters. The van der Waals surface area contributed by atoms with E-state index in [1.165, 1.54) is 5.43 Å². The molecule has 0 heterocycles. The highest BCUT2D eigenvalue weighted by atomic mass is 19.4. The number of nitrogens with two attached hydrogens (primary N) is 1. The molecular formula is C8H7F4N3. The van der Waals surface area contributed by atoms with Crippen LogP contribution in [0.2, 0.25) is 0 Å². The maximum absolute atomic E-state index is 12.4. The number of hydrogen-bond donors (Lipinski definition) is 2. The number of benzene rings is 1. The number of halogens is 4. The van der Waals surface area contributed by atoms with Gasteiger partial charge in [0.2, 0.25) is 5.84 Å². The molecule has 82 valence electrons. The van der Waals surface area contributed by atoms with Crippen LogP contribution in [0.3, 0.4) is 0 Å². The van der Waals surface area contributed by atoms with E-state index in [2.05, 4.69) is 10.8 Å². The topological polar surface area (TPSA) is 50.4 Å². The van der Waals surface area contributed by atoms with Gasteiger partial charge in [-0.25, -0.2) is 15.2 Å². The predicted molar refractivity (Wildman–Crippen MR) is 46.9 cm³/mol. The van der Waals surface area contributed by atoms with Gasteiger partial charge in [-0.2, -0.15) is 13.2 Å². The van der Waals surface area contributed by atoms with Gasteiger partial charge in [-0.05, 0) is 24.3 Å². The van der Waals surface area contributed by atoms with Crippen LogP contribution >= 0.6 is 0 Å². The molecule has 15 heavy (non-hydrogen) atoms. The molecule has 0 radical (unpaired) electrons. The number of hydrazine groups is 1. The maximum Gasteiger partial charge on any atom is 0.450 e. The van der Waals surface area contributed by atoms with Crippen LogP contribution in [0.4, 0.5) is 23.2 Å². The Morgan fingerprint density at radius 2 is 1.73 bits per heavy atom. The molecule has 1 aromatic carbocycles. The van der Waals surface area contributed by atoms with Crippen molar-refractivity contribution in [2.75, 3.05) is 0 Å². The Kier molecular flexibility index (Phi) is 3.25. The zero-order valence-corrected chi connectivity index (χ0v) is 7.35. The molecule has 0 spiro atoms. The maximum atomic E-state index is 12.4. The van der Waals surface area contributed by atoms with Gasteiger partial charge in [-0.15, -0.1) is 0 Å². The van der Waals surface area contributed by atoms with E-state index in [0.717, 1.165) is 24.3 Å². The molecule has 0 aliphatic rings. The molecular weight excluding hydrogens is 214 g/mol. The molecule has 0 amide bonds. The average Bonchev–Trinajstić information content (AvgIpc) is 2.15. The van der Waals surface area contributed by atoms with Crippen molar-refractivity contribution in [2.45, 2.75) is 6.18 Å². The number of alkyl halides is 3. The van der Waals surface area contributed by atoms with Crippen LogP contribution in [0, 0.1) is 5.82 Å². The molecule has 0 aliphatic carbocycles. The van der Waals surface area contributed by atoms with E-state index in [0.29, 0.717) is 0 Å². The number of rotatable bonds is 1. The summed E-state index contributed by atoms with van der Waals surface area (Å²) in [5.74, 6) is 2.77. The monoisotopic (exact) mass is 221 g/mol. The predicted octanol–water partition coefficient (Wildman–Crippen LogP) is 1.88. The molecule has 1 aromatic rings. The van der Waals surface area contributed by atoms with Gasteiger partial charge in [-0.1, -0.05) is 0 Å². The normalized spacial score (nSPS) is 12.7. The first-order chi connectivity index (χ1) is 6.93. The Hall–Kier alpha value is -1.63. The first kappa shape index (κ1) is 11.4. The third-order valence-corrected chi connectivity index (χ3v) is 1.47. The van der Waals surface area contributed by atoms with Gasteiger partial charge in [-0.3, -0.25) is 0 Å². The third kappa shape index (κ3) is 3.21. The molecule has 0 saturated carbocycles. The van der Waals surface area contributed by atoms with Crippen molar-refractivity contribution in [1.82, 2.24) is 5.43 Å². The summed E-state index contributed by atoms with van der Waals surface area (Å²) >= 11 is 0. The van der Waals surface area contributed by atoms with Crippen molar-refractivity contribution >= 4 is 11.5 Å². The van der Waals surface area contributed by atoms with E-state index >= 15 is 0 Å². The summed E-state index contributed by atoms with van der Waals surface area (Å²) in [7, 11) is 0. The van der Waals surface area contributed by atoms with Gasteiger partial charge in [0, 0.05) is 0 Å². The van der Waals surface area contributed by atoms with E-state index in [1.54, 1.807) is 0 Å². The molecule has 1 rings (SSSR count). The van der Waals surface area contributed by atoms with Crippen molar-refractivity contribution in [3.8, 4) is 0 Å². The minimum absolute atomic E-state index is 0.0401. The Labute approximate surface area is 82.6 Å². The summed E-state index contributed by atoms with van der Waals surface area (Å²) in [5, 5.41) is 0. The smallest absolute Gasteiger partial charge is 0.304 e. The zero-order valence-electron chi connectivity index (χ0n) is 7.35. The third-order valence-electron chi connectivity index (χ3n) is 1.47. The van der Waals surface area contributed by atoms with Gasteiger partial charge >= 0.3 is 6.18 Å². The van der Waals surface area contributed by atoms with Crippen molar-refractivity contribution in [2.24, 2.45) is 10.8 Å². The quantitative estimate of drug-likeness (QED) is 0.250. The number of aliphatic imine (C=N–C) groups is 1. The van der Waals surface area contributed by atoms with E-state index in [9.17, 15) is 17.6 Å². The molecule has 0 aromatic heterocycles. The van der Waals surface area contributed by atoms with Crippen molar-refractivity contribution in [3.63, 3.8) is 0 Å². The van der Waals surface area contributed by atoms with Crippen LogP contribution in [0.15, 0.2) is 29.3 Å². The summed E-state index contributed by atoms with van der Waals surface area (Å²) in [4.78, 5) is 3.18. The lowest BCUT2D eigenvalue weighted by atomic mass is 10.3. The van der Waals surface area contributed by atoms with Crippen LogP contribution in [-0.4, -0.2) is 12.0 Å². The Morgan fingerprint density at radius 3 is 2.13 bits per heavy atom. The molecule has 0 unspecified atom stereocenters.